The minimum Gasteiger partial charge on any atom is -0.481 e. The number of amides is 3. The maximum absolute atomic E-state index is 11.7. The Hall–Kier alpha value is -2.70. The van der Waals surface area contributed by atoms with E-state index in [4.69, 9.17) is 5.11 Å². The number of imide groups is 1. The third-order valence-electron chi connectivity index (χ3n) is 2.62. The van der Waals surface area contributed by atoms with Crippen LogP contribution >= 0.6 is 0 Å². The predicted molar refractivity (Wildman–Crippen MR) is 62.8 cm³/mol. The molecule has 19 heavy (non-hydrogen) atoms. The topological polar surface area (TPSA) is 113 Å². The van der Waals surface area contributed by atoms with Gasteiger partial charge in [-0.25, -0.2) is 0 Å². The van der Waals surface area contributed by atoms with Gasteiger partial charge in [0.05, 0.1) is 17.5 Å². The first kappa shape index (κ1) is 12.7. The highest BCUT2D eigenvalue weighted by atomic mass is 16.4. The molecule has 0 radical (unpaired) electrons. The van der Waals surface area contributed by atoms with Gasteiger partial charge in [0, 0.05) is 12.1 Å². The van der Waals surface area contributed by atoms with Crippen molar-refractivity contribution in [3.63, 3.8) is 0 Å². The van der Waals surface area contributed by atoms with E-state index in [1.54, 1.807) is 0 Å². The minimum absolute atomic E-state index is 0.00359. The molecule has 1 aromatic rings. The Bertz CT molecular complexity index is 594. The molecule has 1 heterocycles. The molecule has 2 rings (SSSR count). The van der Waals surface area contributed by atoms with Gasteiger partial charge in [-0.05, 0) is 18.2 Å². The molecule has 0 unspecified atom stereocenters. The average Bonchev–Trinajstić information content (AvgIpc) is 2.64. The van der Waals surface area contributed by atoms with Crippen molar-refractivity contribution in [1.82, 2.24) is 10.6 Å². The summed E-state index contributed by atoms with van der Waals surface area (Å²) in [5.74, 6) is -2.53. The average molecular weight is 262 g/mol. The van der Waals surface area contributed by atoms with Crippen molar-refractivity contribution in [2.45, 2.75) is 6.42 Å². The molecule has 0 aliphatic carbocycles. The molecule has 0 atom stereocenters. The Kier molecular flexibility index (Phi) is 3.28. The molecular weight excluding hydrogens is 252 g/mol. The summed E-state index contributed by atoms with van der Waals surface area (Å²) in [6.45, 7) is -0.00359. The van der Waals surface area contributed by atoms with E-state index in [0.717, 1.165) is 0 Å². The third kappa shape index (κ3) is 2.59. The maximum atomic E-state index is 11.7. The second-order valence-electron chi connectivity index (χ2n) is 3.94. The molecular formula is C12H10N2O5. The van der Waals surface area contributed by atoms with Gasteiger partial charge in [0.2, 0.25) is 0 Å². The Morgan fingerprint density at radius 1 is 1.16 bits per heavy atom. The monoisotopic (exact) mass is 262 g/mol. The zero-order valence-electron chi connectivity index (χ0n) is 9.73. The molecule has 1 aliphatic rings. The number of carboxylic acids is 1. The first-order valence-corrected chi connectivity index (χ1v) is 5.49. The van der Waals surface area contributed by atoms with E-state index in [2.05, 4.69) is 10.6 Å². The van der Waals surface area contributed by atoms with Gasteiger partial charge >= 0.3 is 5.97 Å². The quantitative estimate of drug-likeness (QED) is 0.649. The summed E-state index contributed by atoms with van der Waals surface area (Å²) in [5.41, 5.74) is 0.581. The fourth-order valence-electron chi connectivity index (χ4n) is 1.69. The van der Waals surface area contributed by atoms with E-state index in [1.165, 1.54) is 18.2 Å². The lowest BCUT2D eigenvalue weighted by Gasteiger charge is -2.04. The van der Waals surface area contributed by atoms with Gasteiger partial charge in [0.1, 0.15) is 0 Å². The normalized spacial score (nSPS) is 12.8. The molecule has 0 aromatic heterocycles. The smallest absolute Gasteiger partial charge is 0.305 e. The first-order valence-electron chi connectivity index (χ1n) is 5.49. The predicted octanol–water partition coefficient (Wildman–Crippen LogP) is -0.225. The highest BCUT2D eigenvalue weighted by Crippen LogP contribution is 2.17. The zero-order valence-corrected chi connectivity index (χ0v) is 9.73. The van der Waals surface area contributed by atoms with Gasteiger partial charge in [0.15, 0.2) is 0 Å². The lowest BCUT2D eigenvalue weighted by molar-refractivity contribution is -0.136. The minimum atomic E-state index is -1.01. The van der Waals surface area contributed by atoms with Crippen LogP contribution in [0.4, 0.5) is 0 Å². The molecule has 0 fully saturated rings. The number of fused-ring (bicyclic) bond motifs is 1. The largest absolute Gasteiger partial charge is 0.481 e. The van der Waals surface area contributed by atoms with E-state index in [9.17, 15) is 19.2 Å². The van der Waals surface area contributed by atoms with Crippen molar-refractivity contribution in [2.75, 3.05) is 6.54 Å². The number of carbonyl (C=O) groups is 4. The van der Waals surface area contributed by atoms with E-state index < -0.39 is 23.7 Å². The summed E-state index contributed by atoms with van der Waals surface area (Å²) in [4.78, 5) is 44.7. The number of benzene rings is 1. The summed E-state index contributed by atoms with van der Waals surface area (Å²) in [7, 11) is 0. The summed E-state index contributed by atoms with van der Waals surface area (Å²) < 4.78 is 0. The Balaban J connectivity index is 2.12. The molecule has 98 valence electrons. The summed E-state index contributed by atoms with van der Waals surface area (Å²) >= 11 is 0. The molecule has 7 heteroatoms. The summed E-state index contributed by atoms with van der Waals surface area (Å²) in [6.07, 6.45) is -0.185. The number of carbonyl (C=O) groups excluding carboxylic acids is 3. The zero-order chi connectivity index (χ0) is 14.0. The molecule has 1 aromatic carbocycles. The van der Waals surface area contributed by atoms with Crippen LogP contribution in [-0.4, -0.2) is 35.3 Å². The van der Waals surface area contributed by atoms with Crippen LogP contribution in [0.2, 0.25) is 0 Å². The standard InChI is InChI=1S/C12H10N2O5/c15-9(16)3-4-13-10(17)6-1-2-7-8(5-6)12(19)14-11(7)18/h1-2,5H,3-4H2,(H,13,17)(H,15,16)(H,14,18,19). The van der Waals surface area contributed by atoms with Gasteiger partial charge in [-0.2, -0.15) is 0 Å². The lowest BCUT2D eigenvalue weighted by Crippen LogP contribution is -2.26. The van der Waals surface area contributed by atoms with E-state index in [0.29, 0.717) is 0 Å². The number of nitrogens with one attached hydrogen (secondary N) is 2. The SMILES string of the molecule is O=C(O)CCNC(=O)c1ccc2c(c1)C(=O)NC2=O. The third-order valence-corrected chi connectivity index (χ3v) is 2.62. The van der Waals surface area contributed by atoms with Crippen LogP contribution in [0.3, 0.4) is 0 Å². The number of hydrogen-bond acceptors (Lipinski definition) is 4. The second-order valence-corrected chi connectivity index (χ2v) is 3.94. The number of aliphatic carboxylic acids is 1. The Morgan fingerprint density at radius 3 is 2.53 bits per heavy atom. The molecule has 0 spiro atoms. The molecule has 1 aliphatic heterocycles. The molecule has 0 saturated heterocycles. The van der Waals surface area contributed by atoms with Crippen molar-refractivity contribution in [1.29, 1.82) is 0 Å². The van der Waals surface area contributed by atoms with Crippen LogP contribution in [0.15, 0.2) is 18.2 Å². The lowest BCUT2D eigenvalue weighted by atomic mass is 10.1. The van der Waals surface area contributed by atoms with Crippen LogP contribution in [0.1, 0.15) is 37.5 Å². The molecule has 3 amide bonds. The highest BCUT2D eigenvalue weighted by molar-refractivity contribution is 6.22. The fraction of sp³-hybridized carbons (Fsp3) is 0.167. The van der Waals surface area contributed by atoms with Gasteiger partial charge in [-0.3, -0.25) is 24.5 Å². The van der Waals surface area contributed by atoms with Crippen LogP contribution < -0.4 is 10.6 Å². The fourth-order valence-corrected chi connectivity index (χ4v) is 1.69. The number of carboxylic acid groups (broad SMARTS) is 1. The Labute approximate surface area is 107 Å². The van der Waals surface area contributed by atoms with E-state index >= 15 is 0 Å². The Morgan fingerprint density at radius 2 is 1.84 bits per heavy atom. The van der Waals surface area contributed by atoms with Crippen molar-refractivity contribution >= 4 is 23.7 Å². The summed E-state index contributed by atoms with van der Waals surface area (Å²) in [6, 6.07) is 4.11. The molecule has 0 saturated carbocycles. The van der Waals surface area contributed by atoms with Crippen molar-refractivity contribution in [2.24, 2.45) is 0 Å². The van der Waals surface area contributed by atoms with Gasteiger partial charge in [-0.15, -0.1) is 0 Å². The first-order chi connectivity index (χ1) is 8.99. The van der Waals surface area contributed by atoms with Crippen LogP contribution in [-0.2, 0) is 4.79 Å². The van der Waals surface area contributed by atoms with Crippen molar-refractivity contribution in [3.05, 3.63) is 34.9 Å². The maximum Gasteiger partial charge on any atom is 0.305 e. The second kappa shape index (κ2) is 4.89. The van der Waals surface area contributed by atoms with E-state index in [-0.39, 0.29) is 29.7 Å². The van der Waals surface area contributed by atoms with Crippen LogP contribution in [0, 0.1) is 0 Å². The molecule has 3 N–H and O–H groups in total. The van der Waals surface area contributed by atoms with Crippen molar-refractivity contribution in [3.8, 4) is 0 Å². The highest BCUT2D eigenvalue weighted by Gasteiger charge is 2.27. The molecule has 7 nitrogen and oxygen atoms in total. The number of rotatable bonds is 4. The van der Waals surface area contributed by atoms with Crippen LogP contribution in [0.25, 0.3) is 0 Å². The van der Waals surface area contributed by atoms with Crippen molar-refractivity contribution < 1.29 is 24.3 Å². The van der Waals surface area contributed by atoms with E-state index in [1.807, 2.05) is 0 Å². The van der Waals surface area contributed by atoms with Gasteiger partial charge in [0.25, 0.3) is 17.7 Å². The van der Waals surface area contributed by atoms with Crippen LogP contribution in [0.5, 0.6) is 0 Å². The summed E-state index contributed by atoms with van der Waals surface area (Å²) in [5, 5.41) is 13.0. The number of hydrogen-bond donors (Lipinski definition) is 3. The molecule has 0 bridgehead atoms. The van der Waals surface area contributed by atoms with Gasteiger partial charge in [-0.1, -0.05) is 0 Å². The van der Waals surface area contributed by atoms with Gasteiger partial charge < -0.3 is 10.4 Å².